The Bertz CT molecular complexity index is 1330. The van der Waals surface area contributed by atoms with E-state index in [1.807, 2.05) is 6.92 Å². The van der Waals surface area contributed by atoms with E-state index >= 15 is 0 Å². The van der Waals surface area contributed by atoms with Gasteiger partial charge in [-0.15, -0.1) is 11.3 Å². The van der Waals surface area contributed by atoms with Gasteiger partial charge in [0, 0.05) is 11.6 Å². The van der Waals surface area contributed by atoms with Crippen LogP contribution in [0.25, 0.3) is 0 Å². The Morgan fingerprint density at radius 2 is 1.84 bits per heavy atom. The van der Waals surface area contributed by atoms with Gasteiger partial charge in [-0.2, -0.15) is 0 Å². The molecule has 1 aromatic carbocycles. The quantitative estimate of drug-likeness (QED) is 0.194. The molecule has 11 nitrogen and oxygen atoms in total. The number of hydrogen-bond acceptors (Lipinski definition) is 10. The normalized spacial score (nSPS) is 10.6. The van der Waals surface area contributed by atoms with E-state index in [0.29, 0.717) is 29.1 Å². The van der Waals surface area contributed by atoms with Crippen molar-refractivity contribution in [1.29, 1.82) is 0 Å². The van der Waals surface area contributed by atoms with Gasteiger partial charge < -0.3 is 23.9 Å². The number of nitro groups is 1. The van der Waals surface area contributed by atoms with Gasteiger partial charge in [0.2, 0.25) is 0 Å². The molecular weight excluding hydrogens is 504 g/mol. The molecule has 196 valence electrons. The lowest BCUT2D eigenvalue weighted by atomic mass is 10.1. The van der Waals surface area contributed by atoms with Gasteiger partial charge in [-0.05, 0) is 57.0 Å². The van der Waals surface area contributed by atoms with Crippen molar-refractivity contribution in [3.63, 3.8) is 0 Å². The number of benzene rings is 1. The molecule has 0 saturated heterocycles. The van der Waals surface area contributed by atoms with Gasteiger partial charge in [0.25, 0.3) is 11.6 Å². The molecule has 0 aliphatic rings. The van der Waals surface area contributed by atoms with Crippen LogP contribution in [0.1, 0.15) is 67.7 Å². The number of carbonyl (C=O) groups excluding carboxylic acids is 3. The summed E-state index contributed by atoms with van der Waals surface area (Å²) in [4.78, 5) is 48.6. The van der Waals surface area contributed by atoms with Gasteiger partial charge in [-0.25, -0.2) is 9.59 Å². The second-order valence-electron chi connectivity index (χ2n) is 7.83. The van der Waals surface area contributed by atoms with Crippen molar-refractivity contribution in [2.75, 3.05) is 18.5 Å². The van der Waals surface area contributed by atoms with Gasteiger partial charge in [0.05, 0.1) is 23.7 Å². The lowest BCUT2D eigenvalue weighted by molar-refractivity contribution is -0.385. The van der Waals surface area contributed by atoms with Crippen molar-refractivity contribution in [3.05, 3.63) is 73.5 Å². The minimum Gasteiger partial charge on any atom is -0.486 e. The summed E-state index contributed by atoms with van der Waals surface area (Å²) in [5.74, 6) is -1.21. The molecule has 0 radical (unpaired) electrons. The minimum absolute atomic E-state index is 0.0165. The maximum Gasteiger partial charge on any atom is 0.348 e. The summed E-state index contributed by atoms with van der Waals surface area (Å²) < 4.78 is 21.5. The van der Waals surface area contributed by atoms with Crippen LogP contribution in [0, 0.1) is 24.0 Å². The topological polar surface area (TPSA) is 147 Å². The number of esters is 2. The number of amides is 1. The van der Waals surface area contributed by atoms with Crippen molar-refractivity contribution in [1.82, 2.24) is 0 Å². The predicted molar refractivity (Wildman–Crippen MR) is 134 cm³/mol. The molecule has 0 unspecified atom stereocenters. The fourth-order valence-corrected chi connectivity index (χ4v) is 4.41. The summed E-state index contributed by atoms with van der Waals surface area (Å²) in [6.07, 6.45) is 0.609. The van der Waals surface area contributed by atoms with E-state index in [0.717, 1.165) is 11.3 Å². The summed E-state index contributed by atoms with van der Waals surface area (Å²) >= 11 is 0.916. The van der Waals surface area contributed by atoms with E-state index in [1.165, 1.54) is 24.3 Å². The molecule has 0 bridgehead atoms. The van der Waals surface area contributed by atoms with Crippen molar-refractivity contribution >= 4 is 39.9 Å². The number of nitro benzene ring substituents is 1. The maximum atomic E-state index is 12.9. The third kappa shape index (κ3) is 6.53. The van der Waals surface area contributed by atoms with E-state index in [2.05, 4.69) is 5.32 Å². The first-order valence-electron chi connectivity index (χ1n) is 11.4. The third-order valence-electron chi connectivity index (χ3n) is 5.11. The highest BCUT2D eigenvalue weighted by atomic mass is 32.1. The minimum atomic E-state index is -0.659. The monoisotopic (exact) mass is 530 g/mol. The zero-order valence-electron chi connectivity index (χ0n) is 20.7. The molecule has 0 aliphatic heterocycles. The van der Waals surface area contributed by atoms with Crippen LogP contribution >= 0.6 is 11.3 Å². The highest BCUT2D eigenvalue weighted by Gasteiger charge is 2.28. The van der Waals surface area contributed by atoms with Gasteiger partial charge in [0.1, 0.15) is 28.0 Å². The summed E-state index contributed by atoms with van der Waals surface area (Å²) in [5.41, 5.74) is 0.867. The number of hydrogen-bond donors (Lipinski definition) is 1. The van der Waals surface area contributed by atoms with Crippen LogP contribution in [0.5, 0.6) is 5.75 Å². The zero-order chi connectivity index (χ0) is 27.1. The number of carbonyl (C=O) groups is 3. The summed E-state index contributed by atoms with van der Waals surface area (Å²) in [6.45, 7) is 7.03. The molecule has 37 heavy (non-hydrogen) atoms. The summed E-state index contributed by atoms with van der Waals surface area (Å²) in [7, 11) is 0. The first kappa shape index (κ1) is 27.4. The van der Waals surface area contributed by atoms with Crippen LogP contribution in [0.3, 0.4) is 0 Å². The van der Waals surface area contributed by atoms with E-state index in [9.17, 15) is 24.5 Å². The lowest BCUT2D eigenvalue weighted by Gasteiger charge is -2.07. The number of ether oxygens (including phenoxy) is 3. The Hall–Kier alpha value is -4.19. The van der Waals surface area contributed by atoms with Crippen molar-refractivity contribution in [2.24, 2.45) is 0 Å². The molecule has 0 aliphatic carbocycles. The first-order chi connectivity index (χ1) is 17.7. The van der Waals surface area contributed by atoms with E-state index in [4.69, 9.17) is 18.6 Å². The van der Waals surface area contributed by atoms with Crippen molar-refractivity contribution < 1.29 is 37.9 Å². The maximum absolute atomic E-state index is 12.9. The molecule has 3 rings (SSSR count). The van der Waals surface area contributed by atoms with E-state index in [-0.39, 0.29) is 46.7 Å². The molecule has 0 saturated carbocycles. The van der Waals surface area contributed by atoms with Crippen LogP contribution in [0.2, 0.25) is 0 Å². The van der Waals surface area contributed by atoms with Crippen LogP contribution in [-0.4, -0.2) is 36.0 Å². The molecule has 12 heteroatoms. The standard InChI is InChI=1S/C25H26N2O9S/c1-5-11-34-24(29)20-15(4)21(25(30)33-6-2)37-23(20)26-22(28)19-10-8-17(36-19)13-35-16-7-9-18(27(31)32)14(3)12-16/h7-10,12H,5-6,11,13H2,1-4H3,(H,26,28). The number of nitrogens with zero attached hydrogens (tertiary/aromatic N) is 1. The van der Waals surface area contributed by atoms with E-state index < -0.39 is 22.8 Å². The third-order valence-corrected chi connectivity index (χ3v) is 6.29. The molecule has 2 heterocycles. The lowest BCUT2D eigenvalue weighted by Crippen LogP contribution is -2.14. The second-order valence-corrected chi connectivity index (χ2v) is 8.85. The number of thiophene rings is 1. The van der Waals surface area contributed by atoms with Gasteiger partial charge in [-0.1, -0.05) is 6.92 Å². The molecule has 1 N–H and O–H groups in total. The van der Waals surface area contributed by atoms with E-state index in [1.54, 1.807) is 26.8 Å². The first-order valence-corrected chi connectivity index (χ1v) is 12.2. The SMILES string of the molecule is CCCOC(=O)c1c(NC(=O)c2ccc(COc3ccc([N+](=O)[O-])c(C)c3)o2)sc(C(=O)OCC)c1C. The van der Waals surface area contributed by atoms with Gasteiger partial charge in [0.15, 0.2) is 5.76 Å². The van der Waals surface area contributed by atoms with Crippen molar-refractivity contribution in [3.8, 4) is 5.75 Å². The highest BCUT2D eigenvalue weighted by molar-refractivity contribution is 7.18. The number of rotatable bonds is 11. The fourth-order valence-electron chi connectivity index (χ4n) is 3.32. The molecule has 3 aromatic rings. The molecule has 0 spiro atoms. The average Bonchev–Trinajstić information content (AvgIpc) is 3.46. The van der Waals surface area contributed by atoms with Crippen LogP contribution < -0.4 is 10.1 Å². The number of anilines is 1. The Morgan fingerprint density at radius 3 is 2.49 bits per heavy atom. The number of aryl methyl sites for hydroxylation is 1. The Balaban J connectivity index is 1.75. The van der Waals surface area contributed by atoms with Gasteiger partial charge >= 0.3 is 11.9 Å². The van der Waals surface area contributed by atoms with Crippen molar-refractivity contribution in [2.45, 2.75) is 40.7 Å². The smallest absolute Gasteiger partial charge is 0.348 e. The van der Waals surface area contributed by atoms with Crippen LogP contribution in [0.4, 0.5) is 10.7 Å². The Kier molecular flexibility index (Phi) is 9.01. The molecular formula is C25H26N2O9S. The van der Waals surface area contributed by atoms with Crippen LogP contribution in [0.15, 0.2) is 34.7 Å². The summed E-state index contributed by atoms with van der Waals surface area (Å²) in [5, 5.41) is 13.7. The molecule has 1 amide bonds. The molecule has 0 fully saturated rings. The predicted octanol–water partition coefficient (Wildman–Crippen LogP) is 5.44. The average molecular weight is 531 g/mol. The van der Waals surface area contributed by atoms with Crippen LogP contribution in [-0.2, 0) is 16.1 Å². The second kappa shape index (κ2) is 12.2. The van der Waals surface area contributed by atoms with Gasteiger partial charge in [-0.3, -0.25) is 14.9 Å². The Labute approximate surface area is 216 Å². The number of furan rings is 1. The zero-order valence-corrected chi connectivity index (χ0v) is 21.6. The largest absolute Gasteiger partial charge is 0.486 e. The molecule has 0 atom stereocenters. The molecule has 2 aromatic heterocycles. The highest BCUT2D eigenvalue weighted by Crippen LogP contribution is 2.35. The Morgan fingerprint density at radius 1 is 1.08 bits per heavy atom. The summed E-state index contributed by atoms with van der Waals surface area (Å²) in [6, 6.07) is 7.35. The fraction of sp³-hybridized carbons (Fsp3) is 0.320. The number of nitrogens with one attached hydrogen (secondary N) is 1.